The molecule has 0 bridgehead atoms. The van der Waals surface area contributed by atoms with Crippen molar-refractivity contribution in [2.45, 2.75) is 32.7 Å². The fraction of sp³-hybridized carbons (Fsp3) is 0.778. The lowest BCUT2D eigenvalue weighted by Crippen LogP contribution is -2.33. The number of nitrogens with one attached hydrogen (secondary N) is 1. The van der Waals surface area contributed by atoms with Crippen LogP contribution in [0.5, 0.6) is 0 Å². The first-order valence-electron chi connectivity index (χ1n) is 4.07. The smallest absolute Gasteiger partial charge is 0.0127 e. The van der Waals surface area contributed by atoms with Gasteiger partial charge >= 0.3 is 0 Å². The zero-order valence-electron chi connectivity index (χ0n) is 7.15. The van der Waals surface area contributed by atoms with E-state index in [1.54, 1.807) is 5.57 Å². The topological polar surface area (TPSA) is 12.0 Å². The predicted octanol–water partition coefficient (Wildman–Crippen LogP) is 1.95. The van der Waals surface area contributed by atoms with Crippen molar-refractivity contribution < 1.29 is 0 Å². The van der Waals surface area contributed by atoms with Crippen molar-refractivity contribution in [3.05, 3.63) is 11.6 Å². The van der Waals surface area contributed by atoms with Crippen molar-refractivity contribution >= 4 is 0 Å². The van der Waals surface area contributed by atoms with Crippen LogP contribution < -0.4 is 5.32 Å². The Balaban J connectivity index is 2.52. The minimum atomic E-state index is 0.712. The van der Waals surface area contributed by atoms with Crippen molar-refractivity contribution in [2.24, 2.45) is 5.92 Å². The van der Waals surface area contributed by atoms with Crippen molar-refractivity contribution in [3.8, 4) is 0 Å². The van der Waals surface area contributed by atoms with Gasteiger partial charge in [-0.1, -0.05) is 18.6 Å². The molecule has 1 aliphatic carbocycles. The Labute approximate surface area is 63.5 Å². The highest BCUT2D eigenvalue weighted by Gasteiger charge is 2.17. The van der Waals surface area contributed by atoms with E-state index in [1.165, 1.54) is 12.8 Å². The second-order valence-electron chi connectivity index (χ2n) is 3.36. The Morgan fingerprint density at radius 2 is 2.30 bits per heavy atom. The second-order valence-corrected chi connectivity index (χ2v) is 3.36. The Morgan fingerprint density at radius 3 is 2.80 bits per heavy atom. The largest absolute Gasteiger partial charge is 0.316 e. The molecule has 58 valence electrons. The van der Waals surface area contributed by atoms with Gasteiger partial charge in [0.25, 0.3) is 0 Å². The molecule has 0 spiro atoms. The molecule has 0 amide bonds. The maximum absolute atomic E-state index is 3.33. The third kappa shape index (κ3) is 1.60. The molecule has 1 N–H and O–H groups in total. The zero-order valence-corrected chi connectivity index (χ0v) is 7.15. The van der Waals surface area contributed by atoms with E-state index in [2.05, 4.69) is 32.3 Å². The van der Waals surface area contributed by atoms with Gasteiger partial charge in [-0.05, 0) is 32.7 Å². The zero-order chi connectivity index (χ0) is 7.56. The highest BCUT2D eigenvalue weighted by Crippen LogP contribution is 2.22. The van der Waals surface area contributed by atoms with Gasteiger partial charge in [0, 0.05) is 6.04 Å². The Kier molecular flexibility index (Phi) is 2.50. The van der Waals surface area contributed by atoms with E-state index in [0.717, 1.165) is 5.92 Å². The molecular weight excluding hydrogens is 122 g/mol. The molecule has 0 heterocycles. The number of rotatable bonds is 1. The second kappa shape index (κ2) is 3.20. The van der Waals surface area contributed by atoms with E-state index in [4.69, 9.17) is 0 Å². The van der Waals surface area contributed by atoms with Gasteiger partial charge < -0.3 is 5.32 Å². The van der Waals surface area contributed by atoms with Gasteiger partial charge in [-0.15, -0.1) is 0 Å². The third-order valence-electron chi connectivity index (χ3n) is 2.42. The van der Waals surface area contributed by atoms with E-state index >= 15 is 0 Å². The first-order valence-corrected chi connectivity index (χ1v) is 4.07. The van der Waals surface area contributed by atoms with Crippen LogP contribution in [0.2, 0.25) is 0 Å². The van der Waals surface area contributed by atoms with E-state index in [9.17, 15) is 0 Å². The van der Waals surface area contributed by atoms with Gasteiger partial charge in [-0.25, -0.2) is 0 Å². The van der Waals surface area contributed by atoms with Gasteiger partial charge in [0.15, 0.2) is 0 Å². The van der Waals surface area contributed by atoms with Crippen LogP contribution >= 0.6 is 0 Å². The minimum Gasteiger partial charge on any atom is -0.316 e. The summed E-state index contributed by atoms with van der Waals surface area (Å²) in [4.78, 5) is 0. The Morgan fingerprint density at radius 1 is 1.60 bits per heavy atom. The van der Waals surface area contributed by atoms with Crippen LogP contribution in [0.3, 0.4) is 0 Å². The quantitative estimate of drug-likeness (QED) is 0.547. The monoisotopic (exact) mass is 139 g/mol. The van der Waals surface area contributed by atoms with Crippen LogP contribution in [0.4, 0.5) is 0 Å². The van der Waals surface area contributed by atoms with Crippen molar-refractivity contribution in [1.82, 2.24) is 5.32 Å². The van der Waals surface area contributed by atoms with Gasteiger partial charge in [0.05, 0.1) is 0 Å². The first-order chi connectivity index (χ1) is 4.74. The average Bonchev–Trinajstić information content (AvgIpc) is 1.88. The van der Waals surface area contributed by atoms with Crippen LogP contribution in [0.25, 0.3) is 0 Å². The molecule has 0 aliphatic heterocycles. The SMILES string of the molecule is CNC1CC=C(C)CC1C. The predicted molar refractivity (Wildman–Crippen MR) is 45.0 cm³/mol. The summed E-state index contributed by atoms with van der Waals surface area (Å²) >= 11 is 0. The van der Waals surface area contributed by atoms with Gasteiger partial charge in [-0.2, -0.15) is 0 Å². The Bertz CT molecular complexity index is 138. The van der Waals surface area contributed by atoms with Crippen molar-refractivity contribution in [3.63, 3.8) is 0 Å². The van der Waals surface area contributed by atoms with Gasteiger partial charge in [0.2, 0.25) is 0 Å². The normalized spacial score (nSPS) is 33.7. The molecule has 1 rings (SSSR count). The van der Waals surface area contributed by atoms with Crippen molar-refractivity contribution in [2.75, 3.05) is 7.05 Å². The number of hydrogen-bond acceptors (Lipinski definition) is 1. The molecule has 1 aliphatic rings. The summed E-state index contributed by atoms with van der Waals surface area (Å²) in [6, 6.07) is 0.712. The lowest BCUT2D eigenvalue weighted by molar-refractivity contribution is 0.381. The molecule has 0 aromatic carbocycles. The van der Waals surface area contributed by atoms with Crippen LogP contribution in [-0.2, 0) is 0 Å². The summed E-state index contributed by atoms with van der Waals surface area (Å²) < 4.78 is 0. The van der Waals surface area contributed by atoms with Gasteiger partial charge in [0.1, 0.15) is 0 Å². The minimum absolute atomic E-state index is 0.712. The molecule has 0 aromatic rings. The van der Waals surface area contributed by atoms with E-state index in [-0.39, 0.29) is 0 Å². The Hall–Kier alpha value is -0.300. The molecule has 10 heavy (non-hydrogen) atoms. The first kappa shape index (κ1) is 7.80. The van der Waals surface area contributed by atoms with E-state index in [0.29, 0.717) is 6.04 Å². The lowest BCUT2D eigenvalue weighted by Gasteiger charge is -2.26. The van der Waals surface area contributed by atoms with E-state index in [1.807, 2.05) is 0 Å². The van der Waals surface area contributed by atoms with Crippen molar-refractivity contribution in [1.29, 1.82) is 0 Å². The maximum Gasteiger partial charge on any atom is 0.0127 e. The maximum atomic E-state index is 3.33. The molecule has 0 radical (unpaired) electrons. The summed E-state index contributed by atoms with van der Waals surface area (Å²) in [7, 11) is 2.05. The molecule has 0 aromatic heterocycles. The highest BCUT2D eigenvalue weighted by atomic mass is 14.9. The summed E-state index contributed by atoms with van der Waals surface area (Å²) in [6.45, 7) is 4.54. The standard InChI is InChI=1S/C9H17N/c1-7-4-5-9(10-3)8(2)6-7/h4,8-10H,5-6H2,1-3H3. The number of allylic oxidation sites excluding steroid dienone is 1. The molecule has 0 fully saturated rings. The van der Waals surface area contributed by atoms with Crippen LogP contribution in [0.1, 0.15) is 26.7 Å². The third-order valence-corrected chi connectivity index (χ3v) is 2.42. The van der Waals surface area contributed by atoms with E-state index < -0.39 is 0 Å². The summed E-state index contributed by atoms with van der Waals surface area (Å²) in [5.41, 5.74) is 1.55. The average molecular weight is 139 g/mol. The van der Waals surface area contributed by atoms with Crippen LogP contribution in [0, 0.1) is 5.92 Å². The molecule has 1 nitrogen and oxygen atoms in total. The molecule has 2 unspecified atom stereocenters. The summed E-state index contributed by atoms with van der Waals surface area (Å²) in [5, 5.41) is 3.33. The molecule has 2 atom stereocenters. The molecule has 1 heteroatoms. The van der Waals surface area contributed by atoms with Crippen LogP contribution in [0.15, 0.2) is 11.6 Å². The highest BCUT2D eigenvalue weighted by molar-refractivity contribution is 5.06. The van der Waals surface area contributed by atoms with Crippen LogP contribution in [-0.4, -0.2) is 13.1 Å². The number of hydrogen-bond donors (Lipinski definition) is 1. The fourth-order valence-electron chi connectivity index (χ4n) is 1.70. The molecular formula is C9H17N. The lowest BCUT2D eigenvalue weighted by atomic mass is 9.87. The summed E-state index contributed by atoms with van der Waals surface area (Å²) in [6.07, 6.45) is 4.83. The summed E-state index contributed by atoms with van der Waals surface area (Å²) in [5.74, 6) is 0.815. The van der Waals surface area contributed by atoms with Gasteiger partial charge in [-0.3, -0.25) is 0 Å². The molecule has 0 saturated carbocycles. The fourth-order valence-corrected chi connectivity index (χ4v) is 1.70. The molecule has 0 saturated heterocycles.